The number of pyridine rings is 1. The first-order chi connectivity index (χ1) is 9.33. The summed E-state index contributed by atoms with van der Waals surface area (Å²) < 4.78 is 1.59. The van der Waals surface area contributed by atoms with Crippen molar-refractivity contribution in [2.75, 3.05) is 0 Å². The lowest BCUT2D eigenvalue weighted by Crippen LogP contribution is -1.93. The SMILES string of the molecule is N#CC(C#N)=Cc1cc2ccccc2n2nnnc12. The van der Waals surface area contributed by atoms with Crippen LogP contribution in [0.2, 0.25) is 0 Å². The number of nitrogens with zero attached hydrogens (tertiary/aromatic N) is 6. The van der Waals surface area contributed by atoms with Gasteiger partial charge in [-0.2, -0.15) is 15.0 Å². The first-order valence-electron chi connectivity index (χ1n) is 5.45. The molecule has 0 aliphatic carbocycles. The van der Waals surface area contributed by atoms with Crippen molar-refractivity contribution < 1.29 is 0 Å². The Morgan fingerprint density at radius 3 is 2.79 bits per heavy atom. The molecule has 3 rings (SSSR count). The molecule has 0 radical (unpaired) electrons. The number of tetrazole rings is 1. The van der Waals surface area contributed by atoms with Crippen LogP contribution in [0.3, 0.4) is 0 Å². The van der Waals surface area contributed by atoms with Gasteiger partial charge in [-0.3, -0.25) is 0 Å². The molecular formula is C13H6N6. The van der Waals surface area contributed by atoms with E-state index in [1.807, 2.05) is 42.5 Å². The molecule has 0 saturated carbocycles. The van der Waals surface area contributed by atoms with Gasteiger partial charge in [-0.15, -0.1) is 5.10 Å². The second-order valence-electron chi connectivity index (χ2n) is 3.85. The average Bonchev–Trinajstić information content (AvgIpc) is 2.94. The molecule has 88 valence electrons. The molecule has 0 spiro atoms. The first kappa shape index (κ1) is 10.9. The molecular weight excluding hydrogens is 240 g/mol. The van der Waals surface area contributed by atoms with Gasteiger partial charge in [-0.1, -0.05) is 18.2 Å². The lowest BCUT2D eigenvalue weighted by atomic mass is 10.1. The van der Waals surface area contributed by atoms with E-state index in [-0.39, 0.29) is 5.57 Å². The molecule has 1 aromatic carbocycles. The normalized spacial score (nSPS) is 10.0. The minimum absolute atomic E-state index is 0.0141. The van der Waals surface area contributed by atoms with Crippen LogP contribution in [-0.2, 0) is 0 Å². The number of hydrogen-bond donors (Lipinski definition) is 0. The second kappa shape index (κ2) is 4.21. The van der Waals surface area contributed by atoms with E-state index in [1.54, 1.807) is 4.52 Å². The number of allylic oxidation sites excluding steroid dienone is 1. The van der Waals surface area contributed by atoms with Gasteiger partial charge in [-0.05, 0) is 28.6 Å². The highest BCUT2D eigenvalue weighted by molar-refractivity contribution is 5.87. The van der Waals surface area contributed by atoms with Gasteiger partial charge in [0.05, 0.1) is 5.52 Å². The third kappa shape index (κ3) is 1.68. The zero-order chi connectivity index (χ0) is 13.2. The molecule has 19 heavy (non-hydrogen) atoms. The van der Waals surface area contributed by atoms with Crippen molar-refractivity contribution in [3.8, 4) is 12.1 Å². The molecule has 0 aliphatic heterocycles. The number of aromatic nitrogens is 4. The summed E-state index contributed by atoms with van der Waals surface area (Å²) in [6.45, 7) is 0. The molecule has 0 atom stereocenters. The molecule has 3 aromatic rings. The summed E-state index contributed by atoms with van der Waals surface area (Å²) >= 11 is 0. The van der Waals surface area contributed by atoms with E-state index in [1.165, 1.54) is 6.08 Å². The maximum Gasteiger partial charge on any atom is 0.187 e. The van der Waals surface area contributed by atoms with Crippen molar-refractivity contribution in [1.29, 1.82) is 10.5 Å². The average molecular weight is 246 g/mol. The van der Waals surface area contributed by atoms with Crippen LogP contribution in [0, 0.1) is 22.7 Å². The zero-order valence-electron chi connectivity index (χ0n) is 9.65. The molecule has 2 aromatic heterocycles. The summed E-state index contributed by atoms with van der Waals surface area (Å²) in [5.74, 6) is 0. The van der Waals surface area contributed by atoms with Crippen LogP contribution < -0.4 is 0 Å². The lowest BCUT2D eigenvalue weighted by Gasteiger charge is -2.02. The van der Waals surface area contributed by atoms with Crippen molar-refractivity contribution in [3.63, 3.8) is 0 Å². The van der Waals surface area contributed by atoms with E-state index in [4.69, 9.17) is 10.5 Å². The number of hydrogen-bond acceptors (Lipinski definition) is 5. The third-order valence-corrected chi connectivity index (χ3v) is 2.74. The zero-order valence-corrected chi connectivity index (χ0v) is 9.65. The van der Waals surface area contributed by atoms with E-state index in [9.17, 15) is 0 Å². The standard InChI is InChI=1S/C13H6N6/c14-7-9(8-15)5-11-6-10-3-1-2-4-12(10)19-13(11)16-17-18-19/h1-6H. The van der Waals surface area contributed by atoms with Gasteiger partial charge in [0.25, 0.3) is 0 Å². The van der Waals surface area contributed by atoms with Crippen LogP contribution in [0.25, 0.3) is 22.6 Å². The minimum Gasteiger partial charge on any atom is -0.192 e. The Morgan fingerprint density at radius 1 is 1.21 bits per heavy atom. The third-order valence-electron chi connectivity index (χ3n) is 2.74. The van der Waals surface area contributed by atoms with Crippen LogP contribution in [0.1, 0.15) is 5.56 Å². The van der Waals surface area contributed by atoms with Gasteiger partial charge < -0.3 is 0 Å². The molecule has 0 bridgehead atoms. The molecule has 0 fully saturated rings. The van der Waals surface area contributed by atoms with Crippen molar-refractivity contribution in [2.24, 2.45) is 0 Å². The molecule has 0 aliphatic rings. The van der Waals surface area contributed by atoms with E-state index in [0.29, 0.717) is 11.2 Å². The Kier molecular flexibility index (Phi) is 2.41. The molecule has 6 heteroatoms. The quantitative estimate of drug-likeness (QED) is 0.609. The summed E-state index contributed by atoms with van der Waals surface area (Å²) in [6, 6.07) is 13.1. The number of nitriles is 2. The predicted octanol–water partition coefficient (Wildman–Crippen LogP) is 1.71. The maximum atomic E-state index is 8.82. The predicted molar refractivity (Wildman–Crippen MR) is 67.5 cm³/mol. The second-order valence-corrected chi connectivity index (χ2v) is 3.85. The molecule has 6 nitrogen and oxygen atoms in total. The van der Waals surface area contributed by atoms with Crippen molar-refractivity contribution in [2.45, 2.75) is 0 Å². The van der Waals surface area contributed by atoms with Crippen LogP contribution >= 0.6 is 0 Å². The fourth-order valence-corrected chi connectivity index (χ4v) is 1.92. The van der Waals surface area contributed by atoms with Gasteiger partial charge in [0.15, 0.2) is 5.65 Å². The fraction of sp³-hybridized carbons (Fsp3) is 0. The van der Waals surface area contributed by atoms with E-state index in [2.05, 4.69) is 15.5 Å². The van der Waals surface area contributed by atoms with Crippen molar-refractivity contribution >= 4 is 22.6 Å². The molecule has 0 saturated heterocycles. The summed E-state index contributed by atoms with van der Waals surface area (Å²) in [6.07, 6.45) is 1.48. The summed E-state index contributed by atoms with van der Waals surface area (Å²) in [7, 11) is 0. The van der Waals surface area contributed by atoms with Gasteiger partial charge >= 0.3 is 0 Å². The number of fused-ring (bicyclic) bond motifs is 3. The van der Waals surface area contributed by atoms with Crippen LogP contribution in [0.15, 0.2) is 35.9 Å². The fourth-order valence-electron chi connectivity index (χ4n) is 1.92. The number of para-hydroxylation sites is 1. The Hall–Kier alpha value is -3.25. The Balaban J connectivity index is 2.41. The Labute approximate surface area is 107 Å². The summed E-state index contributed by atoms with van der Waals surface area (Å²) in [4.78, 5) is 0. The van der Waals surface area contributed by atoms with Gasteiger partial charge in [0.1, 0.15) is 17.7 Å². The van der Waals surface area contributed by atoms with E-state index < -0.39 is 0 Å². The van der Waals surface area contributed by atoms with Crippen molar-refractivity contribution in [3.05, 3.63) is 41.5 Å². The smallest absolute Gasteiger partial charge is 0.187 e. The first-order valence-corrected chi connectivity index (χ1v) is 5.45. The minimum atomic E-state index is 0.0141. The largest absolute Gasteiger partial charge is 0.192 e. The highest BCUT2D eigenvalue weighted by atomic mass is 15.5. The molecule has 2 heterocycles. The lowest BCUT2D eigenvalue weighted by molar-refractivity contribution is 0.841. The highest BCUT2D eigenvalue weighted by Gasteiger charge is 2.08. The van der Waals surface area contributed by atoms with Gasteiger partial charge in [0.2, 0.25) is 0 Å². The maximum absolute atomic E-state index is 8.82. The molecule has 0 N–H and O–H groups in total. The number of benzene rings is 1. The van der Waals surface area contributed by atoms with E-state index in [0.717, 1.165) is 10.9 Å². The summed E-state index contributed by atoms with van der Waals surface area (Å²) in [5, 5.41) is 30.1. The van der Waals surface area contributed by atoms with Crippen LogP contribution in [0.4, 0.5) is 0 Å². The van der Waals surface area contributed by atoms with Crippen LogP contribution in [0.5, 0.6) is 0 Å². The Bertz CT molecular complexity index is 875. The van der Waals surface area contributed by atoms with Crippen molar-refractivity contribution in [1.82, 2.24) is 20.0 Å². The topological polar surface area (TPSA) is 90.7 Å². The molecule has 0 amide bonds. The molecule has 0 unspecified atom stereocenters. The van der Waals surface area contributed by atoms with Gasteiger partial charge in [-0.25, -0.2) is 0 Å². The van der Waals surface area contributed by atoms with Crippen LogP contribution in [-0.4, -0.2) is 20.0 Å². The monoisotopic (exact) mass is 246 g/mol. The van der Waals surface area contributed by atoms with E-state index >= 15 is 0 Å². The Morgan fingerprint density at radius 2 is 2.00 bits per heavy atom. The van der Waals surface area contributed by atoms with Gasteiger partial charge in [0, 0.05) is 10.9 Å². The highest BCUT2D eigenvalue weighted by Crippen LogP contribution is 2.20. The number of rotatable bonds is 1. The summed E-state index contributed by atoms with van der Waals surface area (Å²) in [5.41, 5.74) is 2.04.